The van der Waals surface area contributed by atoms with Gasteiger partial charge in [-0.25, -0.2) is 0 Å². The van der Waals surface area contributed by atoms with Crippen LogP contribution in [-0.4, -0.2) is 19.6 Å². The Balaban J connectivity index is 1.88. The van der Waals surface area contributed by atoms with Crippen LogP contribution < -0.4 is 20.5 Å². The molecule has 0 aliphatic rings. The normalized spacial score (nSPS) is 10.2. The van der Waals surface area contributed by atoms with Gasteiger partial charge in [-0.15, -0.1) is 0 Å². The second-order valence-corrected chi connectivity index (χ2v) is 5.37. The number of ether oxygens (including phenoxy) is 2. The highest BCUT2D eigenvalue weighted by Gasteiger charge is 2.08. The molecule has 0 radical (unpaired) electrons. The molecule has 0 atom stereocenters. The highest BCUT2D eigenvalue weighted by molar-refractivity contribution is 5.94. The van der Waals surface area contributed by atoms with Gasteiger partial charge in [0.15, 0.2) is 0 Å². The van der Waals surface area contributed by atoms with Gasteiger partial charge in [0.05, 0.1) is 31.5 Å². The number of nitrogen functional groups attached to an aromatic ring is 1. The standard InChI is InChI=1S/C18H22N2O3/c1-12-4-7-17(13(2)10-12)23-9-8-18(21)20-16-11-14(22-3)5-6-15(16)19/h4-7,10-11H,8-9,19H2,1-3H3,(H,20,21). The third kappa shape index (κ3) is 4.64. The quantitative estimate of drug-likeness (QED) is 0.802. The summed E-state index contributed by atoms with van der Waals surface area (Å²) < 4.78 is 10.8. The van der Waals surface area contributed by atoms with Gasteiger partial charge in [0.2, 0.25) is 5.91 Å². The number of nitrogens with two attached hydrogens (primary N) is 1. The van der Waals surface area contributed by atoms with Gasteiger partial charge < -0.3 is 20.5 Å². The van der Waals surface area contributed by atoms with E-state index in [4.69, 9.17) is 15.2 Å². The molecule has 2 aromatic carbocycles. The van der Waals surface area contributed by atoms with Gasteiger partial charge in [-0.3, -0.25) is 4.79 Å². The third-order valence-corrected chi connectivity index (χ3v) is 3.45. The van der Waals surface area contributed by atoms with Gasteiger partial charge in [-0.2, -0.15) is 0 Å². The lowest BCUT2D eigenvalue weighted by Gasteiger charge is -2.11. The van der Waals surface area contributed by atoms with Crippen molar-refractivity contribution >= 4 is 17.3 Å². The number of anilines is 2. The summed E-state index contributed by atoms with van der Waals surface area (Å²) in [6.07, 6.45) is 0.240. The molecule has 0 spiro atoms. The molecule has 0 aromatic heterocycles. The van der Waals surface area contributed by atoms with Gasteiger partial charge in [0.1, 0.15) is 11.5 Å². The molecule has 2 aromatic rings. The zero-order chi connectivity index (χ0) is 16.8. The molecule has 1 amide bonds. The minimum absolute atomic E-state index is 0.158. The van der Waals surface area contributed by atoms with Crippen LogP contribution in [0.15, 0.2) is 36.4 Å². The van der Waals surface area contributed by atoms with Crippen molar-refractivity contribution in [1.29, 1.82) is 0 Å². The molecular weight excluding hydrogens is 292 g/mol. The maximum atomic E-state index is 12.0. The number of rotatable bonds is 6. The van der Waals surface area contributed by atoms with Crippen LogP contribution in [0.1, 0.15) is 17.5 Å². The first-order chi connectivity index (χ1) is 11.0. The Kier molecular flexibility index (Phi) is 5.46. The van der Waals surface area contributed by atoms with Gasteiger partial charge in [0, 0.05) is 6.07 Å². The Morgan fingerprint density at radius 2 is 1.96 bits per heavy atom. The van der Waals surface area contributed by atoms with E-state index in [9.17, 15) is 4.79 Å². The zero-order valence-corrected chi connectivity index (χ0v) is 13.7. The molecule has 0 aliphatic carbocycles. The summed E-state index contributed by atoms with van der Waals surface area (Å²) in [6, 6.07) is 11.1. The summed E-state index contributed by atoms with van der Waals surface area (Å²) in [7, 11) is 1.56. The van der Waals surface area contributed by atoms with E-state index in [0.717, 1.165) is 11.3 Å². The molecule has 0 fully saturated rings. The molecule has 2 rings (SSSR count). The Labute approximate surface area is 136 Å². The second-order valence-electron chi connectivity index (χ2n) is 5.37. The van der Waals surface area contributed by atoms with Crippen molar-refractivity contribution in [3.05, 3.63) is 47.5 Å². The summed E-state index contributed by atoms with van der Waals surface area (Å²) >= 11 is 0. The molecule has 122 valence electrons. The van der Waals surface area contributed by atoms with Crippen LogP contribution in [0, 0.1) is 13.8 Å². The predicted molar refractivity (Wildman–Crippen MR) is 92.1 cm³/mol. The molecule has 3 N–H and O–H groups in total. The van der Waals surface area contributed by atoms with Crippen molar-refractivity contribution < 1.29 is 14.3 Å². The molecule has 0 saturated heterocycles. The van der Waals surface area contributed by atoms with Gasteiger partial charge >= 0.3 is 0 Å². The molecule has 23 heavy (non-hydrogen) atoms. The van der Waals surface area contributed by atoms with Crippen molar-refractivity contribution in [2.75, 3.05) is 24.8 Å². The first kappa shape index (κ1) is 16.7. The summed E-state index contributed by atoms with van der Waals surface area (Å²) in [5.41, 5.74) is 9.12. The molecule has 0 saturated carbocycles. The zero-order valence-electron chi connectivity index (χ0n) is 13.7. The topological polar surface area (TPSA) is 73.6 Å². The molecule has 0 bridgehead atoms. The molecule has 0 aliphatic heterocycles. The van der Waals surface area contributed by atoms with Crippen LogP contribution in [0.4, 0.5) is 11.4 Å². The summed E-state index contributed by atoms with van der Waals surface area (Å²) in [6.45, 7) is 4.32. The van der Waals surface area contributed by atoms with Crippen LogP contribution >= 0.6 is 0 Å². The van der Waals surface area contributed by atoms with Gasteiger partial charge in [0.25, 0.3) is 0 Å². The van der Waals surface area contributed by atoms with E-state index in [1.54, 1.807) is 25.3 Å². The Bertz CT molecular complexity index is 699. The molecule has 5 heteroatoms. The number of nitrogens with one attached hydrogen (secondary N) is 1. The summed E-state index contributed by atoms with van der Waals surface area (Å²) in [5.74, 6) is 1.28. The average Bonchev–Trinajstić information content (AvgIpc) is 2.51. The highest BCUT2D eigenvalue weighted by Crippen LogP contribution is 2.24. The number of hydrogen-bond donors (Lipinski definition) is 2. The number of benzene rings is 2. The lowest BCUT2D eigenvalue weighted by molar-refractivity contribution is -0.116. The smallest absolute Gasteiger partial charge is 0.227 e. The van der Waals surface area contributed by atoms with E-state index >= 15 is 0 Å². The van der Waals surface area contributed by atoms with Crippen LogP contribution in [0.2, 0.25) is 0 Å². The first-order valence-corrected chi connectivity index (χ1v) is 7.43. The van der Waals surface area contributed by atoms with Gasteiger partial charge in [-0.05, 0) is 37.6 Å². The second kappa shape index (κ2) is 7.54. The number of methoxy groups -OCH3 is 1. The number of aryl methyl sites for hydroxylation is 2. The molecule has 0 heterocycles. The number of amides is 1. The van der Waals surface area contributed by atoms with Crippen LogP contribution in [0.25, 0.3) is 0 Å². The lowest BCUT2D eigenvalue weighted by atomic mass is 10.1. The maximum absolute atomic E-state index is 12.0. The Morgan fingerprint density at radius 3 is 2.65 bits per heavy atom. The maximum Gasteiger partial charge on any atom is 0.227 e. The van der Waals surface area contributed by atoms with E-state index < -0.39 is 0 Å². The van der Waals surface area contributed by atoms with Crippen molar-refractivity contribution in [1.82, 2.24) is 0 Å². The van der Waals surface area contributed by atoms with Crippen molar-refractivity contribution in [2.45, 2.75) is 20.3 Å². The fraction of sp³-hybridized carbons (Fsp3) is 0.278. The Hall–Kier alpha value is -2.69. The van der Waals surface area contributed by atoms with Crippen molar-refractivity contribution in [2.24, 2.45) is 0 Å². The van der Waals surface area contributed by atoms with Crippen molar-refractivity contribution in [3.63, 3.8) is 0 Å². The number of carbonyl (C=O) groups is 1. The van der Waals surface area contributed by atoms with Gasteiger partial charge in [-0.1, -0.05) is 17.7 Å². The van der Waals surface area contributed by atoms with E-state index in [-0.39, 0.29) is 12.3 Å². The fourth-order valence-electron chi connectivity index (χ4n) is 2.20. The minimum atomic E-state index is -0.158. The minimum Gasteiger partial charge on any atom is -0.497 e. The lowest BCUT2D eigenvalue weighted by Crippen LogP contribution is -2.16. The van der Waals surface area contributed by atoms with Crippen LogP contribution in [-0.2, 0) is 4.79 Å². The number of hydrogen-bond acceptors (Lipinski definition) is 4. The highest BCUT2D eigenvalue weighted by atomic mass is 16.5. The first-order valence-electron chi connectivity index (χ1n) is 7.43. The van der Waals surface area contributed by atoms with Crippen LogP contribution in [0.5, 0.6) is 11.5 Å². The van der Waals surface area contributed by atoms with E-state index in [2.05, 4.69) is 5.32 Å². The van der Waals surface area contributed by atoms with Crippen molar-refractivity contribution in [3.8, 4) is 11.5 Å². The largest absolute Gasteiger partial charge is 0.497 e. The summed E-state index contributed by atoms with van der Waals surface area (Å²) in [4.78, 5) is 12.0. The molecular formula is C18H22N2O3. The third-order valence-electron chi connectivity index (χ3n) is 3.45. The van der Waals surface area contributed by atoms with Crippen LogP contribution in [0.3, 0.4) is 0 Å². The molecule has 5 nitrogen and oxygen atoms in total. The molecule has 0 unspecified atom stereocenters. The van der Waals surface area contributed by atoms with E-state index in [1.807, 2.05) is 32.0 Å². The average molecular weight is 314 g/mol. The monoisotopic (exact) mass is 314 g/mol. The predicted octanol–water partition coefficient (Wildman–Crippen LogP) is 3.30. The SMILES string of the molecule is COc1ccc(N)c(NC(=O)CCOc2ccc(C)cc2C)c1. The van der Waals surface area contributed by atoms with E-state index in [1.165, 1.54) is 5.56 Å². The van der Waals surface area contributed by atoms with E-state index in [0.29, 0.717) is 23.7 Å². The summed E-state index contributed by atoms with van der Waals surface area (Å²) in [5, 5.41) is 2.77. The Morgan fingerprint density at radius 1 is 1.17 bits per heavy atom. The number of carbonyl (C=O) groups excluding carboxylic acids is 1. The fourth-order valence-corrected chi connectivity index (χ4v) is 2.20.